The van der Waals surface area contributed by atoms with Crippen LogP contribution in [-0.2, 0) is 4.79 Å². The van der Waals surface area contributed by atoms with Gasteiger partial charge in [-0.1, -0.05) is 18.5 Å². The number of amidine groups is 1. The van der Waals surface area contributed by atoms with Crippen LogP contribution in [0, 0.1) is 5.92 Å². The molecule has 0 rings (SSSR count). The van der Waals surface area contributed by atoms with Gasteiger partial charge in [-0.25, -0.2) is 0 Å². The van der Waals surface area contributed by atoms with Crippen molar-refractivity contribution in [3.8, 4) is 0 Å². The van der Waals surface area contributed by atoms with Crippen molar-refractivity contribution in [1.29, 1.82) is 0 Å². The average Bonchev–Trinajstić information content (AvgIpc) is 2.24. The Bertz CT molecular complexity index is 231. The molecule has 1 unspecified atom stereocenters. The Balaban J connectivity index is 4.54. The van der Waals surface area contributed by atoms with Gasteiger partial charge in [-0.05, 0) is 6.42 Å². The summed E-state index contributed by atoms with van der Waals surface area (Å²) in [5, 5.41) is 20.1. The maximum atomic E-state index is 11.8. The first-order chi connectivity index (χ1) is 7.08. The monoisotopic (exact) mass is 217 g/mol. The number of rotatable bonds is 6. The summed E-state index contributed by atoms with van der Waals surface area (Å²) in [5.74, 6) is -0.913. The smallest absolute Gasteiger partial charge is 0.233 e. The van der Waals surface area contributed by atoms with Crippen LogP contribution in [-0.4, -0.2) is 47.2 Å². The van der Waals surface area contributed by atoms with Crippen molar-refractivity contribution in [2.75, 3.05) is 20.2 Å². The van der Waals surface area contributed by atoms with Gasteiger partial charge in [0, 0.05) is 13.6 Å². The third kappa shape index (κ3) is 4.16. The molecule has 0 aromatic heterocycles. The molecule has 0 saturated heterocycles. The number of carbonyl (C=O) groups excluding carboxylic acids is 1. The van der Waals surface area contributed by atoms with Gasteiger partial charge in [0.05, 0.1) is 12.5 Å². The number of hydrogen-bond acceptors (Lipinski definition) is 4. The van der Waals surface area contributed by atoms with Crippen LogP contribution in [0.2, 0.25) is 0 Å². The summed E-state index contributed by atoms with van der Waals surface area (Å²) >= 11 is 0. The summed E-state index contributed by atoms with van der Waals surface area (Å²) in [6, 6.07) is 0. The number of nitrogens with two attached hydrogens (primary N) is 1. The van der Waals surface area contributed by atoms with Crippen LogP contribution in [0.4, 0.5) is 0 Å². The molecule has 0 fully saturated rings. The molecule has 0 aliphatic heterocycles. The molecular weight excluding hydrogens is 198 g/mol. The van der Waals surface area contributed by atoms with E-state index in [-0.39, 0.29) is 24.9 Å². The zero-order chi connectivity index (χ0) is 11.8. The molecule has 15 heavy (non-hydrogen) atoms. The van der Waals surface area contributed by atoms with Crippen molar-refractivity contribution in [1.82, 2.24) is 4.90 Å². The van der Waals surface area contributed by atoms with Crippen LogP contribution >= 0.6 is 0 Å². The molecule has 6 nitrogen and oxygen atoms in total. The molecule has 0 saturated carbocycles. The lowest BCUT2D eigenvalue weighted by atomic mass is 10.0. The maximum Gasteiger partial charge on any atom is 0.233 e. The first kappa shape index (κ1) is 13.7. The minimum Gasteiger partial charge on any atom is -0.409 e. The molecule has 0 bridgehead atoms. The molecule has 0 aliphatic carbocycles. The van der Waals surface area contributed by atoms with Gasteiger partial charge in [0.25, 0.3) is 0 Å². The van der Waals surface area contributed by atoms with E-state index < -0.39 is 5.92 Å². The summed E-state index contributed by atoms with van der Waals surface area (Å²) in [6.07, 6.45) is 1.30. The van der Waals surface area contributed by atoms with E-state index in [1.807, 2.05) is 6.92 Å². The number of aliphatic hydroxyl groups excluding tert-OH is 1. The molecule has 6 heteroatoms. The summed E-state index contributed by atoms with van der Waals surface area (Å²) < 4.78 is 0. The molecule has 88 valence electrons. The number of hydrogen-bond donors (Lipinski definition) is 3. The molecule has 0 aliphatic rings. The highest BCUT2D eigenvalue weighted by Gasteiger charge is 2.24. The fourth-order valence-electron chi connectivity index (χ4n) is 1.28. The quantitative estimate of drug-likeness (QED) is 0.244. The summed E-state index contributed by atoms with van der Waals surface area (Å²) in [7, 11) is 1.58. The van der Waals surface area contributed by atoms with Gasteiger partial charge < -0.3 is 20.9 Å². The minimum absolute atomic E-state index is 0.0772. The number of likely N-dealkylation sites (N-methyl/N-ethyl adjacent to an activating group) is 1. The van der Waals surface area contributed by atoms with Crippen LogP contribution in [0.5, 0.6) is 0 Å². The second kappa shape index (κ2) is 7.05. The van der Waals surface area contributed by atoms with E-state index in [2.05, 4.69) is 5.16 Å². The Labute approximate surface area is 89.4 Å². The van der Waals surface area contributed by atoms with Gasteiger partial charge in [0.1, 0.15) is 0 Å². The SMILES string of the molecule is CCCC(C(=O)N(C)CCO)C(N)=NO. The van der Waals surface area contributed by atoms with Gasteiger partial charge in [0.15, 0.2) is 5.84 Å². The second-order valence-corrected chi connectivity index (χ2v) is 3.35. The first-order valence-corrected chi connectivity index (χ1v) is 4.91. The Hall–Kier alpha value is -1.30. The lowest BCUT2D eigenvalue weighted by molar-refractivity contribution is -0.132. The van der Waals surface area contributed by atoms with Crippen molar-refractivity contribution in [2.45, 2.75) is 19.8 Å². The highest BCUT2D eigenvalue weighted by Crippen LogP contribution is 2.10. The number of nitrogens with zero attached hydrogens (tertiary/aromatic N) is 2. The third-order valence-electron chi connectivity index (χ3n) is 2.16. The normalized spacial score (nSPS) is 13.7. The fraction of sp³-hybridized carbons (Fsp3) is 0.778. The topological polar surface area (TPSA) is 99.2 Å². The lowest BCUT2D eigenvalue weighted by Gasteiger charge is -2.21. The van der Waals surface area contributed by atoms with Crippen molar-refractivity contribution >= 4 is 11.7 Å². The molecule has 0 radical (unpaired) electrons. The van der Waals surface area contributed by atoms with E-state index >= 15 is 0 Å². The predicted octanol–water partition coefficient (Wildman–Crippen LogP) is -0.400. The van der Waals surface area contributed by atoms with Crippen molar-refractivity contribution in [3.63, 3.8) is 0 Å². The van der Waals surface area contributed by atoms with Crippen LogP contribution in [0.3, 0.4) is 0 Å². The number of aliphatic hydroxyl groups is 1. The standard InChI is InChI=1S/C9H19N3O3/c1-3-4-7(8(10)11-15)9(14)12(2)5-6-13/h7,13,15H,3-6H2,1-2H3,(H2,10,11). The van der Waals surface area contributed by atoms with Gasteiger partial charge in [-0.3, -0.25) is 4.79 Å². The number of oxime groups is 1. The molecule has 0 heterocycles. The zero-order valence-corrected chi connectivity index (χ0v) is 9.18. The number of carbonyl (C=O) groups is 1. The van der Waals surface area contributed by atoms with Crippen molar-refractivity contribution in [2.24, 2.45) is 16.8 Å². The molecule has 0 aromatic carbocycles. The Kier molecular flexibility index (Phi) is 6.44. The summed E-state index contributed by atoms with van der Waals surface area (Å²) in [4.78, 5) is 13.1. The van der Waals surface area contributed by atoms with Crippen LogP contribution < -0.4 is 5.73 Å². The first-order valence-electron chi connectivity index (χ1n) is 4.91. The molecule has 1 amide bonds. The van der Waals surface area contributed by atoms with E-state index in [0.717, 1.165) is 6.42 Å². The van der Waals surface area contributed by atoms with Crippen LogP contribution in [0.1, 0.15) is 19.8 Å². The average molecular weight is 217 g/mol. The lowest BCUT2D eigenvalue weighted by Crippen LogP contribution is -2.41. The Morgan fingerprint density at radius 3 is 2.60 bits per heavy atom. The van der Waals surface area contributed by atoms with Crippen LogP contribution in [0.15, 0.2) is 5.16 Å². The molecular formula is C9H19N3O3. The van der Waals surface area contributed by atoms with Crippen molar-refractivity contribution < 1.29 is 15.1 Å². The van der Waals surface area contributed by atoms with E-state index in [1.165, 1.54) is 4.90 Å². The van der Waals surface area contributed by atoms with E-state index in [0.29, 0.717) is 6.42 Å². The minimum atomic E-state index is -0.600. The third-order valence-corrected chi connectivity index (χ3v) is 2.16. The van der Waals surface area contributed by atoms with Gasteiger partial charge in [-0.15, -0.1) is 0 Å². The Morgan fingerprint density at radius 2 is 2.20 bits per heavy atom. The van der Waals surface area contributed by atoms with E-state index in [4.69, 9.17) is 16.0 Å². The highest BCUT2D eigenvalue weighted by molar-refractivity contribution is 6.01. The van der Waals surface area contributed by atoms with E-state index in [1.54, 1.807) is 7.05 Å². The van der Waals surface area contributed by atoms with Gasteiger partial charge in [0.2, 0.25) is 5.91 Å². The van der Waals surface area contributed by atoms with Gasteiger partial charge in [-0.2, -0.15) is 0 Å². The molecule has 1 atom stereocenters. The zero-order valence-electron chi connectivity index (χ0n) is 9.18. The molecule has 0 aromatic rings. The maximum absolute atomic E-state index is 11.8. The van der Waals surface area contributed by atoms with Crippen LogP contribution in [0.25, 0.3) is 0 Å². The largest absolute Gasteiger partial charge is 0.409 e. The summed E-state index contributed by atoms with van der Waals surface area (Å²) in [5.41, 5.74) is 5.43. The molecule has 0 spiro atoms. The Morgan fingerprint density at radius 1 is 1.60 bits per heavy atom. The summed E-state index contributed by atoms with van der Waals surface area (Å²) in [6.45, 7) is 2.06. The fourth-order valence-corrected chi connectivity index (χ4v) is 1.28. The van der Waals surface area contributed by atoms with E-state index in [9.17, 15) is 4.79 Å². The highest BCUT2D eigenvalue weighted by atomic mass is 16.4. The second-order valence-electron chi connectivity index (χ2n) is 3.35. The predicted molar refractivity (Wildman–Crippen MR) is 56.5 cm³/mol. The number of amides is 1. The van der Waals surface area contributed by atoms with Gasteiger partial charge >= 0.3 is 0 Å². The van der Waals surface area contributed by atoms with Crippen molar-refractivity contribution in [3.05, 3.63) is 0 Å². The molecule has 4 N–H and O–H groups in total.